The molecule has 0 aliphatic carbocycles. The van der Waals surface area contributed by atoms with Crippen LogP contribution >= 0.6 is 0 Å². The SMILES string of the molecule is CC[C@H](O)C(C)(C)C(=O)[C@H](O)/C(C)=C(\C)[C@H](C)OC(=O)[C@H](O[Si](C)(C)C(C)(C)C)[C@@H](NC(=O)c1ccccc1)c1ccccc1. The van der Waals surface area contributed by atoms with E-state index >= 15 is 0 Å². The van der Waals surface area contributed by atoms with Gasteiger partial charge in [0.2, 0.25) is 0 Å². The Labute approximate surface area is 270 Å². The summed E-state index contributed by atoms with van der Waals surface area (Å²) in [4.78, 5) is 40.8. The predicted octanol–water partition coefficient (Wildman–Crippen LogP) is 6.54. The van der Waals surface area contributed by atoms with Gasteiger partial charge in [-0.15, -0.1) is 0 Å². The van der Waals surface area contributed by atoms with E-state index in [-0.39, 0.29) is 10.9 Å². The number of ether oxygens (including phenoxy) is 1. The molecule has 0 saturated heterocycles. The Morgan fingerprint density at radius 3 is 1.87 bits per heavy atom. The van der Waals surface area contributed by atoms with E-state index in [0.717, 1.165) is 0 Å². The van der Waals surface area contributed by atoms with Crippen molar-refractivity contribution in [2.45, 2.75) is 117 Å². The lowest BCUT2D eigenvalue weighted by molar-refractivity contribution is -0.157. The summed E-state index contributed by atoms with van der Waals surface area (Å²) < 4.78 is 12.7. The summed E-state index contributed by atoms with van der Waals surface area (Å²) in [6, 6.07) is 17.1. The van der Waals surface area contributed by atoms with Crippen LogP contribution in [-0.2, 0) is 18.8 Å². The normalized spacial score (nSPS) is 16.5. The minimum atomic E-state index is -2.60. The average Bonchev–Trinajstić information content (AvgIpc) is 3.00. The van der Waals surface area contributed by atoms with Crippen LogP contribution in [0, 0.1) is 5.41 Å². The second kappa shape index (κ2) is 15.5. The number of aliphatic hydroxyl groups excluding tert-OH is 2. The summed E-state index contributed by atoms with van der Waals surface area (Å²) in [6.45, 7) is 20.2. The lowest BCUT2D eigenvalue weighted by atomic mass is 9.77. The third-order valence-electron chi connectivity index (χ3n) is 9.28. The second-order valence-electron chi connectivity index (χ2n) is 13.9. The minimum Gasteiger partial charge on any atom is -0.456 e. The topological polar surface area (TPSA) is 122 Å². The molecule has 0 aliphatic heterocycles. The number of hydrogen-bond acceptors (Lipinski definition) is 7. The van der Waals surface area contributed by atoms with E-state index < -0.39 is 55.9 Å². The van der Waals surface area contributed by atoms with Crippen molar-refractivity contribution in [1.29, 1.82) is 0 Å². The third-order valence-corrected chi connectivity index (χ3v) is 13.7. The second-order valence-corrected chi connectivity index (χ2v) is 18.6. The van der Waals surface area contributed by atoms with Crippen molar-refractivity contribution in [3.63, 3.8) is 0 Å². The van der Waals surface area contributed by atoms with Crippen molar-refractivity contribution in [1.82, 2.24) is 5.32 Å². The quantitative estimate of drug-likeness (QED) is 0.122. The van der Waals surface area contributed by atoms with Crippen LogP contribution in [0.15, 0.2) is 71.8 Å². The van der Waals surface area contributed by atoms with Crippen molar-refractivity contribution >= 4 is 26.0 Å². The number of esters is 1. The lowest BCUT2D eigenvalue weighted by Gasteiger charge is -2.41. The third kappa shape index (κ3) is 9.45. The van der Waals surface area contributed by atoms with E-state index in [1.165, 1.54) is 0 Å². The molecule has 0 aliphatic rings. The standard InChI is InChI=1S/C36H53NO7Si/c1-12-28(38)36(8,9)32(40)30(39)24(3)23(2)25(4)43-34(42)31(44-45(10,11)35(5,6)7)29(26-19-15-13-16-20-26)37-33(41)27-21-17-14-18-22-27/h13-22,25,28-31,38-39H,12H2,1-11H3,(H,37,41)/b24-23+/t25-,28-,29-,30+,31+/m0/s1. The summed E-state index contributed by atoms with van der Waals surface area (Å²) in [5.74, 6) is -1.55. The average molecular weight is 640 g/mol. The Hall–Kier alpha value is -3.11. The van der Waals surface area contributed by atoms with Gasteiger partial charge in [-0.25, -0.2) is 4.79 Å². The first kappa shape index (κ1) is 38.1. The van der Waals surface area contributed by atoms with Crippen LogP contribution in [0.5, 0.6) is 0 Å². The van der Waals surface area contributed by atoms with Crippen molar-refractivity contribution in [3.05, 3.63) is 82.9 Å². The molecule has 2 aromatic carbocycles. The summed E-state index contributed by atoms with van der Waals surface area (Å²) in [7, 11) is -2.60. The molecular weight excluding hydrogens is 586 g/mol. The van der Waals surface area contributed by atoms with Crippen LogP contribution in [0.1, 0.15) is 90.7 Å². The van der Waals surface area contributed by atoms with Crippen molar-refractivity contribution in [2.75, 3.05) is 0 Å². The number of rotatable bonds is 14. The van der Waals surface area contributed by atoms with Gasteiger partial charge in [-0.1, -0.05) is 90.1 Å². The molecule has 0 fully saturated rings. The van der Waals surface area contributed by atoms with Gasteiger partial charge in [0.05, 0.1) is 17.6 Å². The number of ketones is 1. The van der Waals surface area contributed by atoms with E-state index in [0.29, 0.717) is 28.7 Å². The Morgan fingerprint density at radius 1 is 0.867 bits per heavy atom. The maximum absolute atomic E-state index is 14.1. The molecule has 9 heteroatoms. The van der Waals surface area contributed by atoms with Crippen molar-refractivity contribution in [3.8, 4) is 0 Å². The number of Topliss-reactive ketones (excluding diaryl/α,β-unsaturated/α-hetero) is 1. The van der Waals surface area contributed by atoms with Gasteiger partial charge < -0.3 is 24.7 Å². The summed E-state index contributed by atoms with van der Waals surface area (Å²) in [5, 5.41) is 24.2. The molecule has 0 saturated carbocycles. The minimum absolute atomic E-state index is 0.255. The van der Waals surface area contributed by atoms with Gasteiger partial charge in [-0.2, -0.15) is 0 Å². The number of carbonyl (C=O) groups is 3. The summed E-state index contributed by atoms with van der Waals surface area (Å²) >= 11 is 0. The smallest absolute Gasteiger partial charge is 0.337 e. The zero-order valence-corrected chi connectivity index (χ0v) is 29.8. The number of hydrogen-bond donors (Lipinski definition) is 3. The highest BCUT2D eigenvalue weighted by Crippen LogP contribution is 2.39. The monoisotopic (exact) mass is 639 g/mol. The van der Waals surface area contributed by atoms with Crippen LogP contribution in [0.3, 0.4) is 0 Å². The molecule has 8 nitrogen and oxygen atoms in total. The van der Waals surface area contributed by atoms with Crippen molar-refractivity contribution < 1.29 is 33.8 Å². The number of nitrogens with one attached hydrogen (secondary N) is 1. The number of amides is 1. The molecule has 2 rings (SSSR count). The Bertz CT molecular complexity index is 1330. The molecule has 5 atom stereocenters. The Morgan fingerprint density at radius 2 is 1.38 bits per heavy atom. The number of carbonyl (C=O) groups excluding carboxylic acids is 3. The first-order valence-electron chi connectivity index (χ1n) is 15.6. The van der Waals surface area contributed by atoms with Gasteiger partial charge in [0.15, 0.2) is 20.2 Å². The molecule has 3 N–H and O–H groups in total. The highest BCUT2D eigenvalue weighted by atomic mass is 28.4. The van der Waals surface area contributed by atoms with Crippen molar-refractivity contribution in [2.24, 2.45) is 5.41 Å². The van der Waals surface area contributed by atoms with E-state index in [4.69, 9.17) is 9.16 Å². The van der Waals surface area contributed by atoms with Gasteiger partial charge in [-0.05, 0) is 74.2 Å². The molecule has 0 unspecified atom stereocenters. The van der Waals surface area contributed by atoms with Crippen LogP contribution in [0.25, 0.3) is 0 Å². The number of benzene rings is 2. The molecule has 0 bridgehead atoms. The molecule has 45 heavy (non-hydrogen) atoms. The maximum atomic E-state index is 14.1. The van der Waals surface area contributed by atoms with Crippen LogP contribution in [0.4, 0.5) is 0 Å². The summed E-state index contributed by atoms with van der Waals surface area (Å²) in [6.07, 6.45) is -4.06. The van der Waals surface area contributed by atoms with E-state index in [1.807, 2.05) is 49.5 Å². The van der Waals surface area contributed by atoms with Gasteiger partial charge in [0.25, 0.3) is 5.91 Å². The molecule has 0 radical (unpaired) electrons. The highest BCUT2D eigenvalue weighted by molar-refractivity contribution is 6.74. The fourth-order valence-electron chi connectivity index (χ4n) is 4.64. The van der Waals surface area contributed by atoms with E-state index in [1.54, 1.807) is 65.8 Å². The van der Waals surface area contributed by atoms with Gasteiger partial charge in [0, 0.05) is 5.56 Å². The fraction of sp³-hybridized carbons (Fsp3) is 0.528. The van der Waals surface area contributed by atoms with Gasteiger partial charge in [-0.3, -0.25) is 9.59 Å². The predicted molar refractivity (Wildman–Crippen MR) is 180 cm³/mol. The molecule has 0 heterocycles. The van der Waals surface area contributed by atoms with Gasteiger partial charge >= 0.3 is 5.97 Å². The number of aliphatic hydroxyl groups is 2. The van der Waals surface area contributed by atoms with Gasteiger partial charge in [0.1, 0.15) is 12.2 Å². The summed E-state index contributed by atoms with van der Waals surface area (Å²) in [5.41, 5.74) is 0.793. The Kier molecular flexibility index (Phi) is 13.1. The first-order chi connectivity index (χ1) is 20.8. The first-order valence-corrected chi connectivity index (χ1v) is 18.5. The maximum Gasteiger partial charge on any atom is 0.337 e. The largest absolute Gasteiger partial charge is 0.456 e. The zero-order valence-electron chi connectivity index (χ0n) is 28.8. The molecule has 1 amide bonds. The fourth-order valence-corrected chi connectivity index (χ4v) is 5.86. The van der Waals surface area contributed by atoms with Crippen LogP contribution in [0.2, 0.25) is 18.1 Å². The van der Waals surface area contributed by atoms with Crippen LogP contribution in [-0.4, -0.2) is 60.6 Å². The van der Waals surface area contributed by atoms with E-state index in [9.17, 15) is 24.6 Å². The molecular formula is C36H53NO7Si. The van der Waals surface area contributed by atoms with Crippen LogP contribution < -0.4 is 5.32 Å². The molecule has 248 valence electrons. The molecule has 2 aromatic rings. The highest BCUT2D eigenvalue weighted by Gasteiger charge is 2.45. The Balaban J connectivity index is 2.52. The lowest BCUT2D eigenvalue weighted by Crippen LogP contribution is -2.52. The molecule has 0 spiro atoms. The zero-order chi connectivity index (χ0) is 34.3. The van der Waals surface area contributed by atoms with E-state index in [2.05, 4.69) is 26.1 Å². The molecule has 0 aromatic heterocycles.